The van der Waals surface area contributed by atoms with Crippen molar-refractivity contribution < 1.29 is 9.58 Å². The van der Waals surface area contributed by atoms with E-state index < -0.39 is 0 Å². The van der Waals surface area contributed by atoms with Crippen LogP contribution in [-0.2, 0) is 24.0 Å². The first-order chi connectivity index (χ1) is 11.7. The van der Waals surface area contributed by atoms with Gasteiger partial charge in [-0.25, -0.2) is 4.98 Å². The normalized spacial score (nSPS) is 21.3. The lowest BCUT2D eigenvalue weighted by atomic mass is 10.1. The molecule has 1 aliphatic heterocycles. The highest BCUT2D eigenvalue weighted by Gasteiger charge is 2.22. The molecule has 0 bridgehead atoms. The van der Waals surface area contributed by atoms with Gasteiger partial charge in [0.05, 0.1) is 13.2 Å². The Bertz CT molecular complexity index is 743. The maximum absolute atomic E-state index is 12.3. The minimum absolute atomic E-state index is 0.597. The molecule has 6 heteroatoms. The first-order valence-electron chi connectivity index (χ1n) is 8.91. The largest absolute Gasteiger partial charge is 0.594 e. The fourth-order valence-corrected chi connectivity index (χ4v) is 3.82. The lowest BCUT2D eigenvalue weighted by Crippen LogP contribution is -2.37. The third-order valence-corrected chi connectivity index (χ3v) is 5.07. The van der Waals surface area contributed by atoms with Gasteiger partial charge in [-0.1, -0.05) is 6.92 Å². The second kappa shape index (κ2) is 6.61. The van der Waals surface area contributed by atoms with Gasteiger partial charge < -0.3 is 9.94 Å². The summed E-state index contributed by atoms with van der Waals surface area (Å²) in [4.78, 5) is 7.80. The quantitative estimate of drug-likeness (QED) is 0.624. The van der Waals surface area contributed by atoms with Crippen LogP contribution in [0.2, 0.25) is 0 Å². The van der Waals surface area contributed by atoms with Crippen LogP contribution in [0.25, 0.3) is 11.0 Å². The Morgan fingerprint density at radius 3 is 2.79 bits per heavy atom. The second-order valence-electron chi connectivity index (χ2n) is 7.08. The van der Waals surface area contributed by atoms with Gasteiger partial charge in [-0.05, 0) is 53.8 Å². The summed E-state index contributed by atoms with van der Waals surface area (Å²) >= 11 is 0. The van der Waals surface area contributed by atoms with Gasteiger partial charge in [-0.3, -0.25) is 4.90 Å². The Morgan fingerprint density at radius 2 is 2.00 bits per heavy atom. The average Bonchev–Trinajstić information content (AvgIpc) is 2.93. The molecule has 2 aliphatic rings. The van der Waals surface area contributed by atoms with Crippen LogP contribution in [-0.4, -0.2) is 47.8 Å². The van der Waals surface area contributed by atoms with Gasteiger partial charge in [0.25, 0.3) is 5.52 Å². The molecule has 2 aromatic rings. The summed E-state index contributed by atoms with van der Waals surface area (Å²) in [7, 11) is 0. The summed E-state index contributed by atoms with van der Waals surface area (Å²) in [5.41, 5.74) is 4.00. The van der Waals surface area contributed by atoms with Gasteiger partial charge >= 0.3 is 0 Å². The molecule has 1 unspecified atom stereocenters. The van der Waals surface area contributed by atoms with Gasteiger partial charge in [0.2, 0.25) is 0 Å². The maximum atomic E-state index is 12.3. The summed E-state index contributed by atoms with van der Waals surface area (Å²) in [6.07, 6.45) is 3.84. The molecule has 6 nitrogen and oxygen atoms in total. The van der Waals surface area contributed by atoms with Crippen molar-refractivity contribution in [2.45, 2.75) is 32.6 Å². The number of fused-ring (bicyclic) bond motifs is 2. The van der Waals surface area contributed by atoms with Gasteiger partial charge in [0, 0.05) is 30.7 Å². The fourth-order valence-electron chi connectivity index (χ4n) is 3.82. The van der Waals surface area contributed by atoms with Crippen LogP contribution in [0.1, 0.15) is 30.3 Å². The van der Waals surface area contributed by atoms with Crippen molar-refractivity contribution in [3.8, 4) is 0 Å². The van der Waals surface area contributed by atoms with E-state index in [1.807, 2.05) is 6.07 Å². The van der Waals surface area contributed by atoms with Crippen molar-refractivity contribution in [2.24, 2.45) is 5.92 Å². The highest BCUT2D eigenvalue weighted by molar-refractivity contribution is 5.73. The number of rotatable bonds is 4. The summed E-state index contributed by atoms with van der Waals surface area (Å²) in [6.45, 7) is 6.87. The number of aryl methyl sites for hydroxylation is 1. The van der Waals surface area contributed by atoms with Crippen molar-refractivity contribution >= 4 is 11.0 Å². The lowest BCUT2D eigenvalue weighted by molar-refractivity contribution is -0.644. The Labute approximate surface area is 142 Å². The monoisotopic (exact) mass is 328 g/mol. The van der Waals surface area contributed by atoms with Crippen molar-refractivity contribution in [3.63, 3.8) is 0 Å². The third kappa shape index (κ3) is 3.21. The molecular weight excluding hydrogens is 304 g/mol. The van der Waals surface area contributed by atoms with Crippen LogP contribution in [0.4, 0.5) is 0 Å². The Kier molecular flexibility index (Phi) is 4.33. The number of nitrogens with zero attached hydrogens (tertiary/aromatic N) is 4. The first kappa shape index (κ1) is 15.7. The van der Waals surface area contributed by atoms with Crippen molar-refractivity contribution in [2.75, 3.05) is 32.8 Å². The van der Waals surface area contributed by atoms with E-state index in [1.54, 1.807) is 0 Å². The molecule has 128 valence electrons. The lowest BCUT2D eigenvalue weighted by Gasteiger charge is -2.26. The molecule has 1 aliphatic carbocycles. The number of hydrogen-bond acceptors (Lipinski definition) is 5. The molecule has 0 N–H and O–H groups in total. The number of benzene rings is 1. The number of aromatic nitrogens is 3. The van der Waals surface area contributed by atoms with Crippen LogP contribution in [0.3, 0.4) is 0 Å². The standard InChI is InChI=1S/C18H24N4O2/c1-13-9-14-11-16-17(12-15(14)10-13)22(23)20-18(19-16)3-2-4-21-5-7-24-8-6-21/h11-13H,2-10H2,1H3. The van der Waals surface area contributed by atoms with E-state index in [0.717, 1.165) is 68.9 Å². The average molecular weight is 328 g/mol. The van der Waals surface area contributed by atoms with E-state index in [1.165, 1.54) is 11.1 Å². The van der Waals surface area contributed by atoms with E-state index in [2.05, 4.69) is 28.0 Å². The molecule has 0 amide bonds. The van der Waals surface area contributed by atoms with Crippen molar-refractivity contribution in [1.82, 2.24) is 15.0 Å². The second-order valence-corrected chi connectivity index (χ2v) is 7.08. The minimum Gasteiger partial charge on any atom is -0.594 e. The zero-order chi connectivity index (χ0) is 16.5. The van der Waals surface area contributed by atoms with E-state index in [-0.39, 0.29) is 0 Å². The molecule has 4 rings (SSSR count). The number of hydrogen-bond donors (Lipinski definition) is 0. The zero-order valence-corrected chi connectivity index (χ0v) is 14.2. The topological polar surface area (TPSA) is 65.2 Å². The summed E-state index contributed by atoms with van der Waals surface area (Å²) in [5, 5.41) is 16.4. The third-order valence-electron chi connectivity index (χ3n) is 5.07. The molecule has 0 radical (unpaired) electrons. The van der Waals surface area contributed by atoms with E-state index in [0.29, 0.717) is 17.3 Å². The minimum atomic E-state index is 0.597. The van der Waals surface area contributed by atoms with Crippen LogP contribution < -0.4 is 4.85 Å². The van der Waals surface area contributed by atoms with Crippen LogP contribution >= 0.6 is 0 Å². The summed E-state index contributed by atoms with van der Waals surface area (Å²) in [5.74, 6) is 1.30. The molecule has 1 aromatic heterocycles. The number of ether oxygens (including phenoxy) is 1. The molecule has 1 fully saturated rings. The summed E-state index contributed by atoms with van der Waals surface area (Å²) < 4.78 is 5.36. The first-order valence-corrected chi connectivity index (χ1v) is 8.91. The Morgan fingerprint density at radius 1 is 1.25 bits per heavy atom. The van der Waals surface area contributed by atoms with Gasteiger partial charge in [0.1, 0.15) is 5.52 Å². The molecule has 24 heavy (non-hydrogen) atoms. The van der Waals surface area contributed by atoms with Crippen molar-refractivity contribution in [3.05, 3.63) is 34.3 Å². The van der Waals surface area contributed by atoms with E-state index in [9.17, 15) is 5.21 Å². The number of morpholine rings is 1. The van der Waals surface area contributed by atoms with Crippen LogP contribution in [0.15, 0.2) is 12.1 Å². The fraction of sp³-hybridized carbons (Fsp3) is 0.611. The SMILES string of the molecule is CC1Cc2cc3nc(CCCN4CCOCC4)n[n+]([O-])c3cc2C1. The molecule has 0 saturated carbocycles. The van der Waals surface area contributed by atoms with Crippen LogP contribution in [0.5, 0.6) is 0 Å². The maximum Gasteiger partial charge on any atom is 0.270 e. The highest BCUT2D eigenvalue weighted by atomic mass is 16.5. The Hall–Kier alpha value is -1.79. The molecule has 2 heterocycles. The zero-order valence-electron chi connectivity index (χ0n) is 14.2. The predicted molar refractivity (Wildman–Crippen MR) is 90.7 cm³/mol. The van der Waals surface area contributed by atoms with E-state index in [4.69, 9.17) is 4.74 Å². The van der Waals surface area contributed by atoms with Crippen LogP contribution in [0, 0.1) is 11.1 Å². The van der Waals surface area contributed by atoms with Gasteiger partial charge in [0.15, 0.2) is 5.82 Å². The van der Waals surface area contributed by atoms with E-state index >= 15 is 0 Å². The predicted octanol–water partition coefficient (Wildman–Crippen LogP) is 1.26. The van der Waals surface area contributed by atoms with Gasteiger partial charge in [-0.15, -0.1) is 0 Å². The molecular formula is C18H24N4O2. The summed E-state index contributed by atoms with van der Waals surface area (Å²) in [6, 6.07) is 4.08. The van der Waals surface area contributed by atoms with Crippen molar-refractivity contribution in [1.29, 1.82) is 0 Å². The Balaban J connectivity index is 1.49. The molecule has 0 spiro atoms. The van der Waals surface area contributed by atoms with Gasteiger partial charge in [-0.2, -0.15) is 0 Å². The molecule has 1 saturated heterocycles. The smallest absolute Gasteiger partial charge is 0.270 e. The highest BCUT2D eigenvalue weighted by Crippen LogP contribution is 2.28. The molecule has 1 atom stereocenters. The molecule has 1 aromatic carbocycles.